The molecule has 1 rings (SSSR count). The van der Waals surface area contributed by atoms with Crippen molar-refractivity contribution in [3.63, 3.8) is 0 Å². The van der Waals surface area contributed by atoms with E-state index in [9.17, 15) is 15.0 Å². The number of hydrogen-bond donors (Lipinski definition) is 3. The molecule has 0 unspecified atom stereocenters. The van der Waals surface area contributed by atoms with E-state index in [1.165, 1.54) is 64.2 Å². The van der Waals surface area contributed by atoms with Gasteiger partial charge in [-0.15, -0.1) is 0 Å². The Balaban J connectivity index is 1.86. The second-order valence-electron chi connectivity index (χ2n) is 7.08. The van der Waals surface area contributed by atoms with Crippen LogP contribution in [0.3, 0.4) is 0 Å². The molecule has 0 aromatic rings. The van der Waals surface area contributed by atoms with Crippen LogP contribution in [-0.4, -0.2) is 41.2 Å². The topological polar surface area (TPSA) is 78.8 Å². The summed E-state index contributed by atoms with van der Waals surface area (Å²) in [6, 6.07) is -0.482. The molecule has 5 nitrogen and oxygen atoms in total. The molecule has 0 saturated carbocycles. The van der Waals surface area contributed by atoms with E-state index < -0.39 is 24.3 Å². The summed E-state index contributed by atoms with van der Waals surface area (Å²) in [4.78, 5) is 10.9. The smallest absolute Gasteiger partial charge is 0.407 e. The monoisotopic (exact) mass is 343 g/mol. The molecular formula is C19H37NO4. The van der Waals surface area contributed by atoms with Crippen LogP contribution in [0.4, 0.5) is 4.79 Å². The number of aliphatic hydroxyl groups is 2. The van der Waals surface area contributed by atoms with Crippen molar-refractivity contribution in [2.45, 2.75) is 109 Å². The van der Waals surface area contributed by atoms with Crippen molar-refractivity contribution in [2.24, 2.45) is 0 Å². The number of amides is 1. The lowest BCUT2D eigenvalue weighted by atomic mass is 10.00. The third-order valence-corrected chi connectivity index (χ3v) is 4.86. The molecule has 1 aliphatic rings. The number of aliphatic hydroxyl groups excluding tert-OH is 2. The van der Waals surface area contributed by atoms with Gasteiger partial charge in [0.15, 0.2) is 0 Å². The fourth-order valence-electron chi connectivity index (χ4n) is 3.22. The summed E-state index contributed by atoms with van der Waals surface area (Å²) in [5.74, 6) is 0. The number of nitrogens with one attached hydrogen (secondary N) is 1. The van der Waals surface area contributed by atoms with Gasteiger partial charge >= 0.3 is 6.09 Å². The van der Waals surface area contributed by atoms with Gasteiger partial charge in [-0.3, -0.25) is 0 Å². The Labute approximate surface area is 147 Å². The van der Waals surface area contributed by atoms with Crippen molar-refractivity contribution in [3.8, 4) is 0 Å². The Hall–Kier alpha value is -0.810. The van der Waals surface area contributed by atoms with Gasteiger partial charge in [0.25, 0.3) is 0 Å². The molecule has 0 aromatic heterocycles. The molecule has 0 bridgehead atoms. The summed E-state index contributed by atoms with van der Waals surface area (Å²) < 4.78 is 4.73. The van der Waals surface area contributed by atoms with Crippen molar-refractivity contribution in [2.75, 3.05) is 6.61 Å². The second-order valence-corrected chi connectivity index (χ2v) is 7.08. The summed E-state index contributed by atoms with van der Waals surface area (Å²) in [7, 11) is 0. The van der Waals surface area contributed by atoms with Gasteiger partial charge in [-0.2, -0.15) is 0 Å². The normalized spacial score (nSPS) is 19.8. The SMILES string of the molecule is CCCCCCCCCCCCCC[C@H](O)[C@H](O)[C@H]1COC(=O)N1. The lowest BCUT2D eigenvalue weighted by Gasteiger charge is -2.21. The van der Waals surface area contributed by atoms with Gasteiger partial charge in [-0.25, -0.2) is 4.79 Å². The molecule has 1 heterocycles. The summed E-state index contributed by atoms with van der Waals surface area (Å²) in [6.45, 7) is 2.39. The number of carbonyl (C=O) groups excluding carboxylic acids is 1. The quantitative estimate of drug-likeness (QED) is 0.394. The van der Waals surface area contributed by atoms with Crippen molar-refractivity contribution >= 4 is 6.09 Å². The first-order chi connectivity index (χ1) is 11.6. The molecule has 0 aromatic carbocycles. The molecule has 24 heavy (non-hydrogen) atoms. The molecule has 1 amide bonds. The van der Waals surface area contributed by atoms with Crippen molar-refractivity contribution in [1.29, 1.82) is 0 Å². The van der Waals surface area contributed by atoms with E-state index >= 15 is 0 Å². The number of alkyl carbamates (subject to hydrolysis) is 1. The van der Waals surface area contributed by atoms with Crippen LogP contribution in [0, 0.1) is 0 Å². The Kier molecular flexibility index (Phi) is 11.9. The van der Waals surface area contributed by atoms with Crippen molar-refractivity contribution in [1.82, 2.24) is 5.32 Å². The van der Waals surface area contributed by atoms with E-state index in [1.54, 1.807) is 0 Å². The molecule has 5 heteroatoms. The second kappa shape index (κ2) is 13.5. The first-order valence-electron chi connectivity index (χ1n) is 9.94. The minimum absolute atomic E-state index is 0.134. The lowest BCUT2D eigenvalue weighted by Crippen LogP contribution is -2.45. The molecule has 1 saturated heterocycles. The standard InChI is InChI=1S/C19H37NO4/c1-2-3-4-5-6-7-8-9-10-11-12-13-14-17(21)18(22)16-15-24-19(23)20-16/h16-18,21-22H,2-15H2,1H3,(H,20,23)/t16-,17+,18-/m1/s1. The molecular weight excluding hydrogens is 306 g/mol. The third kappa shape index (κ3) is 9.48. The van der Waals surface area contributed by atoms with Crippen LogP contribution in [0.2, 0.25) is 0 Å². The Morgan fingerprint density at radius 1 is 0.958 bits per heavy atom. The third-order valence-electron chi connectivity index (χ3n) is 4.86. The average molecular weight is 344 g/mol. The van der Waals surface area contributed by atoms with Gasteiger partial charge in [0, 0.05) is 0 Å². The summed E-state index contributed by atoms with van der Waals surface area (Å²) in [6.07, 6.45) is 13.7. The zero-order valence-corrected chi connectivity index (χ0v) is 15.3. The van der Waals surface area contributed by atoms with Gasteiger partial charge in [-0.1, -0.05) is 84.0 Å². The number of carbonyl (C=O) groups is 1. The maximum Gasteiger partial charge on any atom is 0.407 e. The number of rotatable bonds is 15. The number of cyclic esters (lactones) is 1. The van der Waals surface area contributed by atoms with Crippen LogP contribution in [0.1, 0.15) is 90.4 Å². The van der Waals surface area contributed by atoms with E-state index in [2.05, 4.69) is 12.2 Å². The Morgan fingerprint density at radius 2 is 1.46 bits per heavy atom. The summed E-state index contributed by atoms with van der Waals surface area (Å²) in [5, 5.41) is 22.4. The first kappa shape index (κ1) is 21.2. The van der Waals surface area contributed by atoms with Crippen LogP contribution in [0.25, 0.3) is 0 Å². The van der Waals surface area contributed by atoms with Crippen LogP contribution >= 0.6 is 0 Å². The Bertz CT molecular complexity index is 324. The largest absolute Gasteiger partial charge is 0.447 e. The predicted molar refractivity (Wildman–Crippen MR) is 96.0 cm³/mol. The van der Waals surface area contributed by atoms with Gasteiger partial charge in [0.05, 0.1) is 12.1 Å². The van der Waals surface area contributed by atoms with Gasteiger partial charge in [-0.05, 0) is 6.42 Å². The maximum absolute atomic E-state index is 10.9. The maximum atomic E-state index is 10.9. The molecule has 1 fully saturated rings. The van der Waals surface area contributed by atoms with Crippen molar-refractivity contribution < 1.29 is 19.7 Å². The minimum atomic E-state index is -0.941. The molecule has 142 valence electrons. The highest BCUT2D eigenvalue weighted by molar-refractivity contribution is 5.69. The molecule has 0 radical (unpaired) electrons. The fourth-order valence-corrected chi connectivity index (χ4v) is 3.22. The molecule has 1 aliphatic heterocycles. The highest BCUT2D eigenvalue weighted by atomic mass is 16.6. The molecule has 0 aliphatic carbocycles. The summed E-state index contributed by atoms with van der Waals surface area (Å²) >= 11 is 0. The van der Waals surface area contributed by atoms with E-state index in [0.717, 1.165) is 12.8 Å². The van der Waals surface area contributed by atoms with Crippen molar-refractivity contribution in [3.05, 3.63) is 0 Å². The number of hydrogen-bond acceptors (Lipinski definition) is 4. The zero-order chi connectivity index (χ0) is 17.6. The van der Waals surface area contributed by atoms with Gasteiger partial charge in [0.1, 0.15) is 12.7 Å². The predicted octanol–water partition coefficient (Wildman–Crippen LogP) is 3.91. The number of ether oxygens (including phenoxy) is 1. The van der Waals surface area contributed by atoms with E-state index in [-0.39, 0.29) is 6.61 Å². The van der Waals surface area contributed by atoms with Gasteiger partial charge in [0.2, 0.25) is 0 Å². The fraction of sp³-hybridized carbons (Fsp3) is 0.947. The Morgan fingerprint density at radius 3 is 1.92 bits per heavy atom. The van der Waals surface area contributed by atoms with E-state index in [1.807, 2.05) is 0 Å². The zero-order valence-electron chi connectivity index (χ0n) is 15.3. The lowest BCUT2D eigenvalue weighted by molar-refractivity contribution is -0.00720. The highest BCUT2D eigenvalue weighted by Crippen LogP contribution is 2.15. The van der Waals surface area contributed by atoms with E-state index in [4.69, 9.17) is 4.74 Å². The first-order valence-corrected chi connectivity index (χ1v) is 9.94. The van der Waals surface area contributed by atoms with Crippen LogP contribution in [0.15, 0.2) is 0 Å². The number of unbranched alkanes of at least 4 members (excludes halogenated alkanes) is 11. The average Bonchev–Trinajstić information content (AvgIpc) is 3.01. The minimum Gasteiger partial charge on any atom is -0.447 e. The molecule has 3 N–H and O–H groups in total. The molecule has 3 atom stereocenters. The van der Waals surface area contributed by atoms with E-state index in [0.29, 0.717) is 6.42 Å². The van der Waals surface area contributed by atoms with Crippen LogP contribution in [0.5, 0.6) is 0 Å². The highest BCUT2D eigenvalue weighted by Gasteiger charge is 2.32. The van der Waals surface area contributed by atoms with Gasteiger partial charge < -0.3 is 20.3 Å². The van der Waals surface area contributed by atoms with Crippen LogP contribution < -0.4 is 5.32 Å². The molecule has 0 spiro atoms. The summed E-state index contributed by atoms with van der Waals surface area (Å²) in [5.41, 5.74) is 0. The van der Waals surface area contributed by atoms with Crippen LogP contribution in [-0.2, 0) is 4.74 Å².